The lowest BCUT2D eigenvalue weighted by Crippen LogP contribution is -1.93. The molecule has 2 rings (SSSR count). The molecule has 0 saturated carbocycles. The maximum absolute atomic E-state index is 13.1. The lowest BCUT2D eigenvalue weighted by molar-refractivity contribution is 0.628. The number of aromatic nitrogens is 1. The number of nitriles is 1. The molecule has 0 fully saturated rings. The van der Waals surface area contributed by atoms with Gasteiger partial charge < -0.3 is 0 Å². The van der Waals surface area contributed by atoms with Crippen molar-refractivity contribution in [3.63, 3.8) is 0 Å². The first kappa shape index (κ1) is 11.7. The monoisotopic (exact) mass is 246 g/mol. The van der Waals surface area contributed by atoms with Gasteiger partial charge in [0.15, 0.2) is 0 Å². The predicted octanol–water partition coefficient (Wildman–Crippen LogP) is 3.97. The third kappa shape index (κ3) is 2.51. The van der Waals surface area contributed by atoms with Crippen LogP contribution in [0.15, 0.2) is 29.6 Å². The van der Waals surface area contributed by atoms with Gasteiger partial charge in [-0.25, -0.2) is 9.37 Å². The molecule has 4 heteroatoms. The second-order valence-electron chi connectivity index (χ2n) is 3.68. The van der Waals surface area contributed by atoms with Crippen LogP contribution in [-0.2, 0) is 0 Å². The topological polar surface area (TPSA) is 36.7 Å². The highest BCUT2D eigenvalue weighted by Crippen LogP contribution is 2.28. The highest BCUT2D eigenvalue weighted by molar-refractivity contribution is 7.13. The summed E-state index contributed by atoms with van der Waals surface area (Å²) in [7, 11) is 0. The van der Waals surface area contributed by atoms with Crippen molar-refractivity contribution >= 4 is 11.3 Å². The maximum atomic E-state index is 13.1. The zero-order chi connectivity index (χ0) is 12.3. The van der Waals surface area contributed by atoms with Gasteiger partial charge in [-0.15, -0.1) is 11.3 Å². The van der Waals surface area contributed by atoms with Crippen LogP contribution in [0.2, 0.25) is 0 Å². The number of halogens is 1. The first-order valence-corrected chi connectivity index (χ1v) is 6.23. The molecule has 17 heavy (non-hydrogen) atoms. The minimum absolute atomic E-state index is 0.173. The third-order valence-corrected chi connectivity index (χ3v) is 3.42. The van der Waals surface area contributed by atoms with Crippen LogP contribution in [0, 0.1) is 17.1 Å². The molecule has 0 radical (unpaired) electrons. The van der Waals surface area contributed by atoms with Gasteiger partial charge in [0.25, 0.3) is 0 Å². The Labute approximate surface area is 103 Å². The molecular weight excluding hydrogens is 235 g/mol. The van der Waals surface area contributed by atoms with E-state index in [1.54, 1.807) is 6.07 Å². The summed E-state index contributed by atoms with van der Waals surface area (Å²) in [5, 5.41) is 11.6. The van der Waals surface area contributed by atoms with Crippen molar-refractivity contribution in [3.05, 3.63) is 41.2 Å². The molecule has 0 saturated heterocycles. The normalized spacial score (nSPS) is 12.1. The van der Waals surface area contributed by atoms with E-state index >= 15 is 0 Å². The largest absolute Gasteiger partial charge is 0.240 e. The molecular formula is C13H11FN2S. The van der Waals surface area contributed by atoms with Crippen LogP contribution < -0.4 is 0 Å². The Morgan fingerprint density at radius 1 is 1.53 bits per heavy atom. The molecule has 1 atom stereocenters. The van der Waals surface area contributed by atoms with Crippen molar-refractivity contribution in [2.75, 3.05) is 0 Å². The lowest BCUT2D eigenvalue weighted by atomic mass is 10.1. The van der Waals surface area contributed by atoms with Gasteiger partial charge in [0.05, 0.1) is 17.7 Å². The highest BCUT2D eigenvalue weighted by Gasteiger charge is 2.13. The van der Waals surface area contributed by atoms with Crippen LogP contribution in [0.1, 0.15) is 25.0 Å². The maximum Gasteiger partial charge on any atom is 0.123 e. The second kappa shape index (κ2) is 5.07. The van der Waals surface area contributed by atoms with Crippen LogP contribution in [0.25, 0.3) is 10.6 Å². The van der Waals surface area contributed by atoms with Crippen molar-refractivity contribution in [2.24, 2.45) is 0 Å². The lowest BCUT2D eigenvalue weighted by Gasteiger charge is -2.00. The van der Waals surface area contributed by atoms with E-state index in [1.807, 2.05) is 18.4 Å². The first-order valence-electron chi connectivity index (χ1n) is 5.35. The summed E-state index contributed by atoms with van der Waals surface area (Å²) < 4.78 is 13.1. The van der Waals surface area contributed by atoms with E-state index in [0.29, 0.717) is 0 Å². The average Bonchev–Trinajstić information content (AvgIpc) is 2.80. The van der Waals surface area contributed by atoms with Gasteiger partial charge >= 0.3 is 0 Å². The zero-order valence-corrected chi connectivity index (χ0v) is 10.2. The van der Waals surface area contributed by atoms with E-state index < -0.39 is 0 Å². The van der Waals surface area contributed by atoms with Crippen molar-refractivity contribution in [3.8, 4) is 16.6 Å². The number of hydrogen-bond donors (Lipinski definition) is 0. The molecule has 1 aromatic heterocycles. The fourth-order valence-corrected chi connectivity index (χ4v) is 2.44. The Hall–Kier alpha value is -1.73. The number of rotatable bonds is 3. The molecule has 0 aliphatic heterocycles. The van der Waals surface area contributed by atoms with E-state index in [0.717, 1.165) is 22.7 Å². The van der Waals surface area contributed by atoms with Gasteiger partial charge in [-0.1, -0.05) is 19.1 Å². The highest BCUT2D eigenvalue weighted by atomic mass is 32.1. The van der Waals surface area contributed by atoms with Gasteiger partial charge in [-0.3, -0.25) is 0 Å². The Balaban J connectivity index is 2.33. The predicted molar refractivity (Wildman–Crippen MR) is 66.2 cm³/mol. The number of thiazole rings is 1. The summed E-state index contributed by atoms with van der Waals surface area (Å²) in [5.41, 5.74) is 1.54. The molecule has 0 aliphatic rings. The van der Waals surface area contributed by atoms with Gasteiger partial charge in [0, 0.05) is 10.9 Å². The second-order valence-corrected chi connectivity index (χ2v) is 4.54. The SMILES string of the molecule is CCC(C#N)c1csc(-c2cccc(F)c2)n1. The van der Waals surface area contributed by atoms with E-state index in [2.05, 4.69) is 11.1 Å². The molecule has 0 bridgehead atoms. The van der Waals surface area contributed by atoms with Gasteiger partial charge in [0.2, 0.25) is 0 Å². The van der Waals surface area contributed by atoms with Crippen LogP contribution in [-0.4, -0.2) is 4.98 Å². The molecule has 0 aliphatic carbocycles. The summed E-state index contributed by atoms with van der Waals surface area (Å²) in [6.45, 7) is 1.95. The molecule has 86 valence electrons. The summed E-state index contributed by atoms with van der Waals surface area (Å²) in [5.74, 6) is -0.444. The fraction of sp³-hybridized carbons (Fsp3) is 0.231. The van der Waals surface area contributed by atoms with E-state index in [9.17, 15) is 4.39 Å². The molecule has 2 nitrogen and oxygen atoms in total. The number of nitrogens with zero attached hydrogens (tertiary/aromatic N) is 2. The Kier molecular flexibility index (Phi) is 3.50. The molecule has 1 heterocycles. The van der Waals surface area contributed by atoms with Crippen LogP contribution >= 0.6 is 11.3 Å². The van der Waals surface area contributed by atoms with Gasteiger partial charge in [-0.2, -0.15) is 5.26 Å². The quantitative estimate of drug-likeness (QED) is 0.821. The average molecular weight is 246 g/mol. The Bertz CT molecular complexity index is 557. The summed E-state index contributed by atoms with van der Waals surface area (Å²) in [6, 6.07) is 8.55. The van der Waals surface area contributed by atoms with Crippen LogP contribution in [0.5, 0.6) is 0 Å². The minimum Gasteiger partial charge on any atom is -0.240 e. The zero-order valence-electron chi connectivity index (χ0n) is 9.35. The van der Waals surface area contributed by atoms with Crippen molar-refractivity contribution in [1.29, 1.82) is 5.26 Å². The third-order valence-electron chi connectivity index (χ3n) is 2.51. The van der Waals surface area contributed by atoms with Crippen molar-refractivity contribution < 1.29 is 4.39 Å². The fourth-order valence-electron chi connectivity index (χ4n) is 1.57. The van der Waals surface area contributed by atoms with Gasteiger partial charge in [-0.05, 0) is 18.6 Å². The smallest absolute Gasteiger partial charge is 0.123 e. The summed E-state index contributed by atoms with van der Waals surface area (Å²) in [6.07, 6.45) is 0.739. The van der Waals surface area contributed by atoms with Crippen molar-refractivity contribution in [2.45, 2.75) is 19.3 Å². The van der Waals surface area contributed by atoms with Gasteiger partial charge in [0.1, 0.15) is 10.8 Å². The Morgan fingerprint density at radius 2 is 2.35 bits per heavy atom. The van der Waals surface area contributed by atoms with Crippen LogP contribution in [0.4, 0.5) is 4.39 Å². The molecule has 1 aromatic carbocycles. The minimum atomic E-state index is -0.272. The van der Waals surface area contributed by atoms with E-state index in [1.165, 1.54) is 23.5 Å². The van der Waals surface area contributed by atoms with E-state index in [4.69, 9.17) is 5.26 Å². The molecule has 2 aromatic rings. The first-order chi connectivity index (χ1) is 8.24. The van der Waals surface area contributed by atoms with E-state index in [-0.39, 0.29) is 11.7 Å². The molecule has 1 unspecified atom stereocenters. The van der Waals surface area contributed by atoms with Crippen molar-refractivity contribution in [1.82, 2.24) is 4.98 Å². The molecule has 0 amide bonds. The standard InChI is InChI=1S/C13H11FN2S/c1-2-9(7-15)12-8-17-13(16-12)10-4-3-5-11(14)6-10/h3-6,8-9H,2H2,1H3. The number of hydrogen-bond acceptors (Lipinski definition) is 3. The molecule has 0 spiro atoms. The number of benzene rings is 1. The molecule has 0 N–H and O–H groups in total. The Morgan fingerprint density at radius 3 is 3.00 bits per heavy atom. The summed E-state index contributed by atoms with van der Waals surface area (Å²) in [4.78, 5) is 4.39. The van der Waals surface area contributed by atoms with Crippen LogP contribution in [0.3, 0.4) is 0 Å². The summed E-state index contributed by atoms with van der Waals surface area (Å²) >= 11 is 1.44.